The summed E-state index contributed by atoms with van der Waals surface area (Å²) in [5.74, 6) is -1.62. The highest BCUT2D eigenvalue weighted by Crippen LogP contribution is 2.34. The van der Waals surface area contributed by atoms with Crippen LogP contribution in [-0.4, -0.2) is 12.6 Å². The van der Waals surface area contributed by atoms with Crippen LogP contribution in [0.1, 0.15) is 18.1 Å². The maximum Gasteiger partial charge on any atom is 0.161 e. The summed E-state index contributed by atoms with van der Waals surface area (Å²) in [6.45, 7) is 5.52. The molecule has 2 nitrogen and oxygen atoms in total. The minimum atomic E-state index is -0.814. The van der Waals surface area contributed by atoms with Gasteiger partial charge in [0.25, 0.3) is 0 Å². The predicted octanol–water partition coefficient (Wildman–Crippen LogP) is 4.09. The van der Waals surface area contributed by atoms with E-state index in [-0.39, 0.29) is 6.04 Å². The average Bonchev–Trinajstić information content (AvgIpc) is 2.46. The molecule has 2 aromatic rings. The van der Waals surface area contributed by atoms with Crippen LogP contribution in [0.15, 0.2) is 36.4 Å². The number of benzene rings is 2. The van der Waals surface area contributed by atoms with Gasteiger partial charge in [0.05, 0.1) is 11.4 Å². The van der Waals surface area contributed by atoms with Gasteiger partial charge >= 0.3 is 0 Å². The zero-order chi connectivity index (χ0) is 15.0. The Bertz CT molecular complexity index is 653. The molecule has 3 rings (SSSR count). The van der Waals surface area contributed by atoms with Crippen LogP contribution in [0.3, 0.4) is 0 Å². The molecule has 1 unspecified atom stereocenters. The van der Waals surface area contributed by atoms with Crippen LogP contribution >= 0.6 is 0 Å². The Morgan fingerprint density at radius 3 is 2.52 bits per heavy atom. The van der Waals surface area contributed by atoms with E-state index in [0.717, 1.165) is 5.56 Å². The Morgan fingerprint density at radius 2 is 1.81 bits per heavy atom. The first kappa shape index (κ1) is 13.9. The summed E-state index contributed by atoms with van der Waals surface area (Å²) in [5, 5.41) is 3.16. The largest absolute Gasteiger partial charge is 0.381 e. The zero-order valence-electron chi connectivity index (χ0n) is 12.2. The van der Waals surface area contributed by atoms with Gasteiger partial charge in [-0.2, -0.15) is 0 Å². The molecule has 1 N–H and O–H groups in total. The van der Waals surface area contributed by atoms with Gasteiger partial charge < -0.3 is 10.2 Å². The standard InChI is InChI=1S/C17H18F2N2/c1-11-3-5-13(6-4-11)10-21-12(2)9-20-16-7-14(18)15(19)8-17(16)21/h3-8,12,20H,9-10H2,1-2H3. The number of hydrogen-bond acceptors (Lipinski definition) is 2. The monoisotopic (exact) mass is 288 g/mol. The van der Waals surface area contributed by atoms with Crippen LogP contribution in [0.25, 0.3) is 0 Å². The van der Waals surface area contributed by atoms with E-state index in [2.05, 4.69) is 41.4 Å². The molecule has 21 heavy (non-hydrogen) atoms. The number of hydrogen-bond donors (Lipinski definition) is 1. The van der Waals surface area contributed by atoms with E-state index in [1.54, 1.807) is 0 Å². The second kappa shape index (κ2) is 5.35. The van der Waals surface area contributed by atoms with Crippen molar-refractivity contribution in [2.24, 2.45) is 0 Å². The summed E-state index contributed by atoms with van der Waals surface area (Å²) in [5.41, 5.74) is 3.73. The van der Waals surface area contributed by atoms with Gasteiger partial charge in [-0.3, -0.25) is 0 Å². The molecule has 0 aliphatic carbocycles. The van der Waals surface area contributed by atoms with Crippen molar-refractivity contribution < 1.29 is 8.78 Å². The molecule has 0 fully saturated rings. The van der Waals surface area contributed by atoms with E-state index in [1.807, 2.05) is 6.92 Å². The Labute approximate surface area is 123 Å². The number of nitrogens with one attached hydrogen (secondary N) is 1. The van der Waals surface area contributed by atoms with Gasteiger partial charge in [0.15, 0.2) is 11.6 Å². The molecule has 2 aromatic carbocycles. The van der Waals surface area contributed by atoms with Crippen molar-refractivity contribution >= 4 is 11.4 Å². The maximum atomic E-state index is 13.6. The summed E-state index contributed by atoms with van der Waals surface area (Å²) in [4.78, 5) is 2.11. The Kier molecular flexibility index (Phi) is 3.53. The molecular formula is C17H18F2N2. The van der Waals surface area contributed by atoms with Crippen LogP contribution in [0.4, 0.5) is 20.2 Å². The van der Waals surface area contributed by atoms with Gasteiger partial charge in [-0.25, -0.2) is 8.78 Å². The zero-order valence-corrected chi connectivity index (χ0v) is 12.2. The lowest BCUT2D eigenvalue weighted by Crippen LogP contribution is -2.41. The first-order chi connectivity index (χ1) is 10.0. The molecule has 0 aromatic heterocycles. The van der Waals surface area contributed by atoms with E-state index in [1.165, 1.54) is 17.7 Å². The van der Waals surface area contributed by atoms with Crippen molar-refractivity contribution in [1.82, 2.24) is 0 Å². The first-order valence-electron chi connectivity index (χ1n) is 7.09. The second-order valence-corrected chi connectivity index (χ2v) is 5.63. The van der Waals surface area contributed by atoms with Crippen LogP contribution < -0.4 is 10.2 Å². The average molecular weight is 288 g/mol. The van der Waals surface area contributed by atoms with Crippen molar-refractivity contribution in [1.29, 1.82) is 0 Å². The van der Waals surface area contributed by atoms with Crippen LogP contribution in [-0.2, 0) is 6.54 Å². The number of fused-ring (bicyclic) bond motifs is 1. The highest BCUT2D eigenvalue weighted by atomic mass is 19.2. The molecule has 0 saturated heterocycles. The molecular weight excluding hydrogens is 270 g/mol. The van der Waals surface area contributed by atoms with Gasteiger partial charge in [0.1, 0.15) is 0 Å². The number of nitrogens with zero attached hydrogens (tertiary/aromatic N) is 1. The van der Waals surface area contributed by atoms with Crippen LogP contribution in [0.2, 0.25) is 0 Å². The number of anilines is 2. The summed E-state index contributed by atoms with van der Waals surface area (Å²) in [6.07, 6.45) is 0. The van der Waals surface area contributed by atoms with Crippen molar-refractivity contribution in [2.75, 3.05) is 16.8 Å². The number of halogens is 2. The lowest BCUT2D eigenvalue weighted by Gasteiger charge is -2.38. The fraction of sp³-hybridized carbons (Fsp3) is 0.294. The van der Waals surface area contributed by atoms with Gasteiger partial charge in [0.2, 0.25) is 0 Å². The smallest absolute Gasteiger partial charge is 0.161 e. The van der Waals surface area contributed by atoms with E-state index in [4.69, 9.17) is 0 Å². The summed E-state index contributed by atoms with van der Waals surface area (Å²) < 4.78 is 26.9. The molecule has 1 aliphatic rings. The predicted molar refractivity (Wildman–Crippen MR) is 81.7 cm³/mol. The van der Waals surface area contributed by atoms with Crippen molar-refractivity contribution in [3.05, 3.63) is 59.2 Å². The van der Waals surface area contributed by atoms with E-state index in [9.17, 15) is 8.78 Å². The third-order valence-corrected chi connectivity index (χ3v) is 3.94. The Hall–Kier alpha value is -2.10. The number of rotatable bonds is 2. The third-order valence-electron chi connectivity index (χ3n) is 3.94. The van der Waals surface area contributed by atoms with Gasteiger partial charge in [-0.1, -0.05) is 29.8 Å². The fourth-order valence-corrected chi connectivity index (χ4v) is 2.65. The Morgan fingerprint density at radius 1 is 1.14 bits per heavy atom. The lowest BCUT2D eigenvalue weighted by molar-refractivity contribution is 0.506. The minimum Gasteiger partial charge on any atom is -0.381 e. The maximum absolute atomic E-state index is 13.6. The molecule has 0 saturated carbocycles. The normalized spacial score (nSPS) is 17.3. The van der Waals surface area contributed by atoms with Crippen LogP contribution in [0, 0.1) is 18.6 Å². The van der Waals surface area contributed by atoms with Gasteiger partial charge in [-0.15, -0.1) is 0 Å². The summed E-state index contributed by atoms with van der Waals surface area (Å²) in [7, 11) is 0. The van der Waals surface area contributed by atoms with Crippen LogP contribution in [0.5, 0.6) is 0 Å². The first-order valence-corrected chi connectivity index (χ1v) is 7.09. The molecule has 0 radical (unpaired) electrons. The highest BCUT2D eigenvalue weighted by Gasteiger charge is 2.24. The minimum absolute atomic E-state index is 0.212. The van der Waals surface area contributed by atoms with E-state index >= 15 is 0 Å². The quantitative estimate of drug-likeness (QED) is 0.895. The molecule has 0 bridgehead atoms. The second-order valence-electron chi connectivity index (χ2n) is 5.63. The van der Waals surface area contributed by atoms with E-state index < -0.39 is 11.6 Å². The van der Waals surface area contributed by atoms with Crippen molar-refractivity contribution in [2.45, 2.75) is 26.4 Å². The summed E-state index contributed by atoms with van der Waals surface area (Å²) >= 11 is 0. The molecule has 0 amide bonds. The highest BCUT2D eigenvalue weighted by molar-refractivity contribution is 5.73. The van der Waals surface area contributed by atoms with E-state index in [0.29, 0.717) is 24.5 Å². The molecule has 1 atom stereocenters. The molecule has 4 heteroatoms. The van der Waals surface area contributed by atoms with Crippen molar-refractivity contribution in [3.63, 3.8) is 0 Å². The lowest BCUT2D eigenvalue weighted by atomic mass is 10.1. The molecule has 0 spiro atoms. The fourth-order valence-electron chi connectivity index (χ4n) is 2.65. The molecule has 1 aliphatic heterocycles. The SMILES string of the molecule is Cc1ccc(CN2c3cc(F)c(F)cc3NCC2C)cc1. The molecule has 1 heterocycles. The number of aryl methyl sites for hydroxylation is 1. The van der Waals surface area contributed by atoms with Gasteiger partial charge in [-0.05, 0) is 19.4 Å². The Balaban J connectivity index is 1.95. The van der Waals surface area contributed by atoms with Crippen molar-refractivity contribution in [3.8, 4) is 0 Å². The topological polar surface area (TPSA) is 15.3 Å². The third kappa shape index (κ3) is 2.71. The molecule has 110 valence electrons. The summed E-state index contributed by atoms with van der Waals surface area (Å²) in [6, 6.07) is 11.0. The van der Waals surface area contributed by atoms with Gasteiger partial charge in [0, 0.05) is 31.3 Å².